The highest BCUT2D eigenvalue weighted by atomic mass is 16.2. The molecule has 112 valence electrons. The second kappa shape index (κ2) is 6.29. The van der Waals surface area contributed by atoms with Gasteiger partial charge in [0.25, 0.3) is 0 Å². The Labute approximate surface area is 121 Å². The van der Waals surface area contributed by atoms with Gasteiger partial charge in [-0.2, -0.15) is 5.10 Å². The Morgan fingerprint density at radius 3 is 2.40 bits per heavy atom. The van der Waals surface area contributed by atoms with Crippen LogP contribution in [0.15, 0.2) is 12.4 Å². The number of aryl methyl sites for hydroxylation is 1. The molecule has 5 heteroatoms. The fourth-order valence-corrected chi connectivity index (χ4v) is 2.43. The van der Waals surface area contributed by atoms with Gasteiger partial charge in [-0.3, -0.25) is 9.48 Å². The van der Waals surface area contributed by atoms with Crippen molar-refractivity contribution in [2.75, 3.05) is 31.1 Å². The first kappa shape index (κ1) is 14.9. The van der Waals surface area contributed by atoms with Gasteiger partial charge in [0.15, 0.2) is 0 Å². The predicted octanol–water partition coefficient (Wildman–Crippen LogP) is 1.75. The summed E-state index contributed by atoms with van der Waals surface area (Å²) in [5.74, 6) is 1.33. The van der Waals surface area contributed by atoms with Crippen molar-refractivity contribution in [1.29, 1.82) is 0 Å². The molecule has 0 bridgehead atoms. The molecule has 2 rings (SSSR count). The van der Waals surface area contributed by atoms with E-state index >= 15 is 0 Å². The molecule has 1 aliphatic rings. The maximum absolute atomic E-state index is 12.3. The second-order valence-corrected chi connectivity index (χ2v) is 6.17. The zero-order valence-electron chi connectivity index (χ0n) is 13.0. The van der Waals surface area contributed by atoms with Crippen LogP contribution in [0.1, 0.15) is 27.2 Å². The van der Waals surface area contributed by atoms with E-state index in [1.165, 1.54) is 0 Å². The fraction of sp³-hybridized carbons (Fsp3) is 0.733. The third-order valence-electron chi connectivity index (χ3n) is 4.32. The summed E-state index contributed by atoms with van der Waals surface area (Å²) in [6.07, 6.45) is 4.58. The first-order valence-corrected chi connectivity index (χ1v) is 7.48. The molecule has 20 heavy (non-hydrogen) atoms. The van der Waals surface area contributed by atoms with Gasteiger partial charge in [0.05, 0.1) is 11.9 Å². The molecule has 1 aromatic heterocycles. The van der Waals surface area contributed by atoms with Crippen LogP contribution in [0.5, 0.6) is 0 Å². The molecule has 0 spiro atoms. The summed E-state index contributed by atoms with van der Waals surface area (Å²) in [5, 5.41) is 4.20. The molecular weight excluding hydrogens is 252 g/mol. The molecule has 0 aliphatic carbocycles. The molecule has 1 aromatic rings. The SMILES string of the molecule is CC(C)[C@H](C)CC(=O)N1CCN(c2cnn(C)c2)CC1. The lowest BCUT2D eigenvalue weighted by atomic mass is 9.94. The summed E-state index contributed by atoms with van der Waals surface area (Å²) >= 11 is 0. The first-order valence-electron chi connectivity index (χ1n) is 7.48. The molecular formula is C15H26N4O. The Morgan fingerprint density at radius 1 is 1.25 bits per heavy atom. The predicted molar refractivity (Wildman–Crippen MR) is 80.6 cm³/mol. The van der Waals surface area contributed by atoms with Gasteiger partial charge in [-0.05, 0) is 11.8 Å². The minimum absolute atomic E-state index is 0.303. The fourth-order valence-electron chi connectivity index (χ4n) is 2.43. The third-order valence-corrected chi connectivity index (χ3v) is 4.32. The summed E-state index contributed by atoms with van der Waals surface area (Å²) in [6.45, 7) is 9.95. The molecule has 0 radical (unpaired) electrons. The van der Waals surface area contributed by atoms with E-state index in [-0.39, 0.29) is 0 Å². The highest BCUT2D eigenvalue weighted by molar-refractivity contribution is 5.76. The highest BCUT2D eigenvalue weighted by Crippen LogP contribution is 2.18. The third kappa shape index (κ3) is 3.52. The summed E-state index contributed by atoms with van der Waals surface area (Å²) < 4.78 is 1.82. The lowest BCUT2D eigenvalue weighted by Gasteiger charge is -2.36. The van der Waals surface area contributed by atoms with Gasteiger partial charge < -0.3 is 9.80 Å². The van der Waals surface area contributed by atoms with Crippen LogP contribution >= 0.6 is 0 Å². The van der Waals surface area contributed by atoms with E-state index < -0.39 is 0 Å². The molecule has 1 amide bonds. The van der Waals surface area contributed by atoms with Crippen LogP contribution in [0.2, 0.25) is 0 Å². The minimum Gasteiger partial charge on any atom is -0.365 e. The Morgan fingerprint density at radius 2 is 1.90 bits per heavy atom. The van der Waals surface area contributed by atoms with Gasteiger partial charge >= 0.3 is 0 Å². The van der Waals surface area contributed by atoms with E-state index in [4.69, 9.17) is 0 Å². The zero-order valence-corrected chi connectivity index (χ0v) is 13.0. The van der Waals surface area contributed by atoms with Crippen molar-refractivity contribution >= 4 is 11.6 Å². The van der Waals surface area contributed by atoms with E-state index in [0.717, 1.165) is 31.9 Å². The monoisotopic (exact) mass is 278 g/mol. The van der Waals surface area contributed by atoms with Crippen LogP contribution in [0.4, 0.5) is 5.69 Å². The van der Waals surface area contributed by atoms with Crippen molar-refractivity contribution in [2.45, 2.75) is 27.2 Å². The van der Waals surface area contributed by atoms with Crippen LogP contribution < -0.4 is 4.90 Å². The van der Waals surface area contributed by atoms with Crippen LogP contribution in [0.25, 0.3) is 0 Å². The Kier molecular flexibility index (Phi) is 4.68. The van der Waals surface area contributed by atoms with E-state index in [9.17, 15) is 4.79 Å². The molecule has 0 aromatic carbocycles. The van der Waals surface area contributed by atoms with Gasteiger partial charge in [-0.15, -0.1) is 0 Å². The van der Waals surface area contributed by atoms with E-state index in [0.29, 0.717) is 24.2 Å². The molecule has 0 N–H and O–H groups in total. The quantitative estimate of drug-likeness (QED) is 0.842. The summed E-state index contributed by atoms with van der Waals surface area (Å²) in [7, 11) is 1.93. The molecule has 1 atom stereocenters. The van der Waals surface area contributed by atoms with Crippen molar-refractivity contribution in [2.24, 2.45) is 18.9 Å². The van der Waals surface area contributed by atoms with Crippen molar-refractivity contribution in [3.8, 4) is 0 Å². The maximum Gasteiger partial charge on any atom is 0.222 e. The topological polar surface area (TPSA) is 41.4 Å². The lowest BCUT2D eigenvalue weighted by molar-refractivity contribution is -0.132. The van der Waals surface area contributed by atoms with Crippen molar-refractivity contribution in [3.05, 3.63) is 12.4 Å². The Hall–Kier alpha value is -1.52. The van der Waals surface area contributed by atoms with Crippen molar-refractivity contribution in [3.63, 3.8) is 0 Å². The number of amides is 1. The number of carbonyl (C=O) groups is 1. The van der Waals surface area contributed by atoms with E-state index in [1.807, 2.05) is 29.0 Å². The van der Waals surface area contributed by atoms with E-state index in [1.54, 1.807) is 0 Å². The van der Waals surface area contributed by atoms with E-state index in [2.05, 4.69) is 30.8 Å². The number of rotatable bonds is 4. The number of nitrogens with zero attached hydrogens (tertiary/aromatic N) is 4. The summed E-state index contributed by atoms with van der Waals surface area (Å²) in [4.78, 5) is 16.6. The lowest BCUT2D eigenvalue weighted by Crippen LogP contribution is -2.49. The number of piperazine rings is 1. The standard InChI is InChI=1S/C15H26N4O/c1-12(2)13(3)9-15(20)19-7-5-18(6-8-19)14-10-16-17(4)11-14/h10-13H,5-9H2,1-4H3/t13-/m1/s1. The number of anilines is 1. The molecule has 5 nitrogen and oxygen atoms in total. The number of carbonyl (C=O) groups excluding carboxylic acids is 1. The highest BCUT2D eigenvalue weighted by Gasteiger charge is 2.23. The summed E-state index contributed by atoms with van der Waals surface area (Å²) in [6, 6.07) is 0. The summed E-state index contributed by atoms with van der Waals surface area (Å²) in [5.41, 5.74) is 1.15. The van der Waals surface area contributed by atoms with Crippen LogP contribution in [0.3, 0.4) is 0 Å². The number of hydrogen-bond acceptors (Lipinski definition) is 3. The Bertz CT molecular complexity index is 446. The van der Waals surface area contributed by atoms with Crippen LogP contribution in [0, 0.1) is 11.8 Å². The molecule has 1 saturated heterocycles. The number of hydrogen-bond donors (Lipinski definition) is 0. The van der Waals surface area contributed by atoms with Crippen LogP contribution in [-0.2, 0) is 11.8 Å². The van der Waals surface area contributed by atoms with Gasteiger partial charge in [0, 0.05) is 45.8 Å². The van der Waals surface area contributed by atoms with Gasteiger partial charge in [-0.25, -0.2) is 0 Å². The average molecular weight is 278 g/mol. The number of aromatic nitrogens is 2. The molecule has 2 heterocycles. The zero-order chi connectivity index (χ0) is 14.7. The van der Waals surface area contributed by atoms with Crippen molar-refractivity contribution < 1.29 is 4.79 Å². The normalized spacial score (nSPS) is 17.6. The largest absolute Gasteiger partial charge is 0.365 e. The average Bonchev–Trinajstić information content (AvgIpc) is 2.85. The molecule has 0 saturated carbocycles. The molecule has 1 aliphatic heterocycles. The van der Waals surface area contributed by atoms with Gasteiger partial charge in [-0.1, -0.05) is 20.8 Å². The molecule has 1 fully saturated rings. The van der Waals surface area contributed by atoms with Crippen molar-refractivity contribution in [1.82, 2.24) is 14.7 Å². The Balaban J connectivity index is 1.83. The van der Waals surface area contributed by atoms with Gasteiger partial charge in [0.2, 0.25) is 5.91 Å². The molecule has 0 unspecified atom stereocenters. The van der Waals surface area contributed by atoms with Gasteiger partial charge in [0.1, 0.15) is 0 Å². The second-order valence-electron chi connectivity index (χ2n) is 6.17. The minimum atomic E-state index is 0.303. The smallest absolute Gasteiger partial charge is 0.222 e. The first-order chi connectivity index (χ1) is 9.47. The maximum atomic E-state index is 12.3. The van der Waals surface area contributed by atoms with Crippen LogP contribution in [-0.4, -0.2) is 46.8 Å².